The topological polar surface area (TPSA) is 61.9 Å². The average Bonchev–Trinajstić information content (AvgIpc) is 3.01. The molecule has 0 radical (unpaired) electrons. The second-order valence-electron chi connectivity index (χ2n) is 4.82. The predicted molar refractivity (Wildman–Crippen MR) is 72.2 cm³/mol. The van der Waals surface area contributed by atoms with Crippen molar-refractivity contribution in [3.63, 3.8) is 0 Å². The fraction of sp³-hybridized carbons (Fsp3) is 0.357. The summed E-state index contributed by atoms with van der Waals surface area (Å²) >= 11 is 0. The van der Waals surface area contributed by atoms with Crippen LogP contribution in [0, 0.1) is 0 Å². The number of nitrogens with zero attached hydrogens (tertiary/aromatic N) is 3. The Bertz CT molecular complexity index is 619. The molecule has 1 aliphatic heterocycles. The summed E-state index contributed by atoms with van der Waals surface area (Å²) in [6.07, 6.45) is 1.62. The predicted octanol–water partition coefficient (Wildman–Crippen LogP) is 1.96. The minimum atomic E-state index is -0.131. The number of fused-ring (bicyclic) bond motifs is 1. The Hall–Kier alpha value is -2.17. The summed E-state index contributed by atoms with van der Waals surface area (Å²) in [6.45, 7) is 4.02. The maximum atomic E-state index is 12.5. The Balaban J connectivity index is 1.95. The molecule has 1 N–H and O–H groups in total. The summed E-state index contributed by atoms with van der Waals surface area (Å²) in [5.74, 6) is 0.859. The zero-order chi connectivity index (χ0) is 13.4. The van der Waals surface area contributed by atoms with Gasteiger partial charge >= 0.3 is 0 Å². The summed E-state index contributed by atoms with van der Waals surface area (Å²) in [5.41, 5.74) is 2.18. The van der Waals surface area contributed by atoms with Crippen LogP contribution in [0.5, 0.6) is 0 Å². The van der Waals surface area contributed by atoms with Crippen LogP contribution in [0.3, 0.4) is 0 Å². The first-order chi connectivity index (χ1) is 9.20. The Labute approximate surface area is 111 Å². The van der Waals surface area contributed by atoms with E-state index < -0.39 is 0 Å². The molecule has 0 spiro atoms. The second kappa shape index (κ2) is 4.50. The van der Waals surface area contributed by atoms with E-state index >= 15 is 0 Å². The molecule has 0 saturated carbocycles. The lowest BCUT2D eigenvalue weighted by molar-refractivity contribution is 0.0972. The summed E-state index contributed by atoms with van der Waals surface area (Å²) in [6, 6.07) is 8.14. The number of amides is 1. The van der Waals surface area contributed by atoms with E-state index in [0.29, 0.717) is 0 Å². The van der Waals surface area contributed by atoms with Crippen molar-refractivity contribution >= 4 is 11.6 Å². The number of H-pyrrole nitrogens is 1. The molecule has 2 aromatic rings. The first-order valence-corrected chi connectivity index (χ1v) is 6.53. The molecule has 2 heterocycles. The minimum Gasteiger partial charge on any atom is -0.302 e. The van der Waals surface area contributed by atoms with E-state index in [1.807, 2.05) is 32.0 Å². The van der Waals surface area contributed by atoms with Gasteiger partial charge in [0.1, 0.15) is 5.82 Å². The van der Waals surface area contributed by atoms with Crippen LogP contribution in [0.2, 0.25) is 0 Å². The van der Waals surface area contributed by atoms with Crippen LogP contribution in [0.15, 0.2) is 24.3 Å². The van der Waals surface area contributed by atoms with Crippen LogP contribution < -0.4 is 4.90 Å². The third-order valence-corrected chi connectivity index (χ3v) is 3.48. The van der Waals surface area contributed by atoms with Gasteiger partial charge in [0.25, 0.3) is 5.91 Å². The first-order valence-electron chi connectivity index (χ1n) is 6.53. The molecule has 5 heteroatoms. The van der Waals surface area contributed by atoms with E-state index in [1.54, 1.807) is 4.90 Å². The van der Waals surface area contributed by atoms with Gasteiger partial charge < -0.3 is 4.90 Å². The van der Waals surface area contributed by atoms with Crippen LogP contribution in [-0.4, -0.2) is 27.1 Å². The minimum absolute atomic E-state index is 0.131. The summed E-state index contributed by atoms with van der Waals surface area (Å²) in [5, 5.41) is 6.80. The molecule has 98 valence electrons. The van der Waals surface area contributed by atoms with Crippen LogP contribution in [0.1, 0.15) is 35.9 Å². The van der Waals surface area contributed by atoms with Crippen molar-refractivity contribution in [2.24, 2.45) is 0 Å². The molecular weight excluding hydrogens is 240 g/mol. The lowest BCUT2D eigenvalue weighted by Crippen LogP contribution is -2.36. The average molecular weight is 256 g/mol. The quantitative estimate of drug-likeness (QED) is 0.893. The molecule has 19 heavy (non-hydrogen) atoms. The van der Waals surface area contributed by atoms with E-state index in [-0.39, 0.29) is 17.8 Å². The van der Waals surface area contributed by atoms with Crippen molar-refractivity contribution in [1.82, 2.24) is 15.2 Å². The fourth-order valence-corrected chi connectivity index (χ4v) is 2.53. The molecule has 1 aromatic heterocycles. The van der Waals surface area contributed by atoms with E-state index in [0.717, 1.165) is 24.4 Å². The Morgan fingerprint density at radius 2 is 2.26 bits per heavy atom. The highest BCUT2D eigenvalue weighted by Crippen LogP contribution is 2.32. The Kier molecular flexibility index (Phi) is 2.81. The molecule has 5 nitrogen and oxygen atoms in total. The van der Waals surface area contributed by atoms with Crippen molar-refractivity contribution in [2.45, 2.75) is 32.7 Å². The molecule has 1 atom stereocenters. The number of anilines is 1. The van der Waals surface area contributed by atoms with Crippen LogP contribution in [-0.2, 0) is 12.8 Å². The highest BCUT2D eigenvalue weighted by Gasteiger charge is 2.32. The van der Waals surface area contributed by atoms with Crippen molar-refractivity contribution in [3.05, 3.63) is 41.5 Å². The molecule has 1 unspecified atom stereocenters. The highest BCUT2D eigenvalue weighted by molar-refractivity contribution is 6.05. The number of nitrogens with one attached hydrogen (secondary N) is 1. The van der Waals surface area contributed by atoms with Gasteiger partial charge in [-0.2, -0.15) is 0 Å². The third-order valence-electron chi connectivity index (χ3n) is 3.48. The second-order valence-corrected chi connectivity index (χ2v) is 4.82. The summed E-state index contributed by atoms with van der Waals surface area (Å²) in [7, 11) is 0. The van der Waals surface area contributed by atoms with Gasteiger partial charge in [-0.3, -0.25) is 9.89 Å². The number of carbonyl (C=O) groups excluding carboxylic acids is 1. The fourth-order valence-electron chi connectivity index (χ4n) is 2.53. The normalized spacial score (nSPS) is 17.6. The lowest BCUT2D eigenvalue weighted by Gasteiger charge is -2.20. The molecule has 1 aliphatic rings. The SMILES string of the molecule is CCc1nc(C(=O)N2c3ccccc3CC2C)n[nH]1. The number of rotatable bonds is 2. The maximum absolute atomic E-state index is 12.5. The van der Waals surface area contributed by atoms with Gasteiger partial charge in [-0.25, -0.2) is 4.98 Å². The largest absolute Gasteiger partial charge is 0.302 e. The molecule has 1 aromatic carbocycles. The molecule has 0 bridgehead atoms. The molecule has 0 aliphatic carbocycles. The maximum Gasteiger partial charge on any atom is 0.298 e. The van der Waals surface area contributed by atoms with E-state index in [2.05, 4.69) is 21.2 Å². The van der Waals surface area contributed by atoms with Crippen molar-refractivity contribution in [2.75, 3.05) is 4.90 Å². The van der Waals surface area contributed by atoms with Gasteiger partial charge in [-0.1, -0.05) is 25.1 Å². The Morgan fingerprint density at radius 1 is 1.47 bits per heavy atom. The van der Waals surface area contributed by atoms with E-state index in [1.165, 1.54) is 5.56 Å². The van der Waals surface area contributed by atoms with Gasteiger partial charge in [0.2, 0.25) is 5.82 Å². The summed E-state index contributed by atoms with van der Waals surface area (Å²) < 4.78 is 0. The zero-order valence-corrected chi connectivity index (χ0v) is 11.1. The Morgan fingerprint density at radius 3 is 3.00 bits per heavy atom. The molecule has 0 fully saturated rings. The number of para-hydroxylation sites is 1. The van der Waals surface area contributed by atoms with Crippen molar-refractivity contribution < 1.29 is 4.79 Å². The number of aryl methyl sites for hydroxylation is 1. The van der Waals surface area contributed by atoms with Crippen LogP contribution in [0.25, 0.3) is 0 Å². The number of aromatic amines is 1. The number of aromatic nitrogens is 3. The first kappa shape index (κ1) is 11.9. The van der Waals surface area contributed by atoms with E-state index in [9.17, 15) is 4.79 Å². The van der Waals surface area contributed by atoms with Crippen molar-refractivity contribution in [1.29, 1.82) is 0 Å². The van der Waals surface area contributed by atoms with Crippen molar-refractivity contribution in [3.8, 4) is 0 Å². The van der Waals surface area contributed by atoms with Crippen LogP contribution >= 0.6 is 0 Å². The number of hydrogen-bond donors (Lipinski definition) is 1. The number of carbonyl (C=O) groups is 1. The van der Waals surface area contributed by atoms with Gasteiger partial charge in [0, 0.05) is 18.2 Å². The molecular formula is C14H16N4O. The smallest absolute Gasteiger partial charge is 0.298 e. The third kappa shape index (κ3) is 1.91. The van der Waals surface area contributed by atoms with Crippen LogP contribution in [0.4, 0.5) is 5.69 Å². The van der Waals surface area contributed by atoms with Gasteiger partial charge in [-0.05, 0) is 25.0 Å². The van der Waals surface area contributed by atoms with Gasteiger partial charge in [-0.15, -0.1) is 5.10 Å². The highest BCUT2D eigenvalue weighted by atomic mass is 16.2. The van der Waals surface area contributed by atoms with Gasteiger partial charge in [0.15, 0.2) is 0 Å². The molecule has 3 rings (SSSR count). The summed E-state index contributed by atoms with van der Waals surface area (Å²) in [4.78, 5) is 18.5. The molecule has 0 saturated heterocycles. The number of benzene rings is 1. The number of hydrogen-bond acceptors (Lipinski definition) is 3. The monoisotopic (exact) mass is 256 g/mol. The zero-order valence-electron chi connectivity index (χ0n) is 11.1. The van der Waals surface area contributed by atoms with E-state index in [4.69, 9.17) is 0 Å². The van der Waals surface area contributed by atoms with Gasteiger partial charge in [0.05, 0.1) is 0 Å². The molecule has 1 amide bonds. The lowest BCUT2D eigenvalue weighted by atomic mass is 10.1. The standard InChI is InChI=1S/C14H16N4O/c1-3-12-15-13(17-16-12)14(19)18-9(2)8-10-6-4-5-7-11(10)18/h4-7,9H,3,8H2,1-2H3,(H,15,16,17).